The van der Waals surface area contributed by atoms with Gasteiger partial charge in [-0.3, -0.25) is 4.79 Å². The molecular formula is C19H18ClN3O2. The van der Waals surface area contributed by atoms with Crippen LogP contribution in [-0.4, -0.2) is 16.0 Å². The number of halogens is 1. The van der Waals surface area contributed by atoms with E-state index in [-0.39, 0.29) is 11.6 Å². The van der Waals surface area contributed by atoms with Crippen LogP contribution in [0.25, 0.3) is 11.3 Å². The number of anilines is 1. The van der Waals surface area contributed by atoms with Gasteiger partial charge in [0.05, 0.1) is 5.02 Å². The van der Waals surface area contributed by atoms with Crippen molar-refractivity contribution < 1.29 is 9.32 Å². The molecule has 128 valence electrons. The lowest BCUT2D eigenvalue weighted by atomic mass is 9.99. The fourth-order valence-electron chi connectivity index (χ4n) is 2.52. The molecule has 0 unspecified atom stereocenters. The molecule has 0 radical (unpaired) electrons. The van der Waals surface area contributed by atoms with Gasteiger partial charge in [0.25, 0.3) is 5.91 Å². The van der Waals surface area contributed by atoms with Crippen LogP contribution in [0.3, 0.4) is 0 Å². The number of carbonyl (C=O) groups is 1. The molecule has 0 aliphatic heterocycles. The summed E-state index contributed by atoms with van der Waals surface area (Å²) < 4.78 is 5.42. The second kappa shape index (κ2) is 7.49. The normalized spacial score (nSPS) is 10.7. The summed E-state index contributed by atoms with van der Waals surface area (Å²) in [5.74, 6) is 0.608. The van der Waals surface area contributed by atoms with Crippen LogP contribution in [0.1, 0.15) is 35.5 Å². The predicted molar refractivity (Wildman–Crippen MR) is 97.9 cm³/mol. The Morgan fingerprint density at radius 3 is 2.68 bits per heavy atom. The molecule has 1 N–H and O–H groups in total. The third-order valence-corrected chi connectivity index (χ3v) is 4.16. The average molecular weight is 356 g/mol. The summed E-state index contributed by atoms with van der Waals surface area (Å²) in [6.07, 6.45) is 3.27. The molecule has 25 heavy (non-hydrogen) atoms. The van der Waals surface area contributed by atoms with Crippen LogP contribution >= 0.6 is 11.6 Å². The van der Waals surface area contributed by atoms with Crippen molar-refractivity contribution in [3.63, 3.8) is 0 Å². The number of amides is 1. The van der Waals surface area contributed by atoms with E-state index in [0.29, 0.717) is 16.6 Å². The standard InChI is InChI=1S/C19H18ClN3O2/c1-3-12-5-6-13(4-2)15(9-12)17-10-16(23-25-17)19(24)22-18-8-7-14(20)11-21-18/h5-11H,3-4H2,1-2H3,(H,21,22,24). The maximum Gasteiger partial charge on any atom is 0.279 e. The van der Waals surface area contributed by atoms with Crippen LogP contribution in [0.15, 0.2) is 47.1 Å². The van der Waals surface area contributed by atoms with E-state index in [2.05, 4.69) is 47.5 Å². The lowest BCUT2D eigenvalue weighted by molar-refractivity contribution is 0.101. The molecule has 0 aliphatic carbocycles. The minimum Gasteiger partial charge on any atom is -0.355 e. The highest BCUT2D eigenvalue weighted by Crippen LogP contribution is 2.27. The van der Waals surface area contributed by atoms with Crippen molar-refractivity contribution in [1.29, 1.82) is 0 Å². The van der Waals surface area contributed by atoms with E-state index in [4.69, 9.17) is 16.1 Å². The molecule has 2 heterocycles. The van der Waals surface area contributed by atoms with Crippen LogP contribution in [0.5, 0.6) is 0 Å². The predicted octanol–water partition coefficient (Wildman–Crippen LogP) is 4.77. The molecule has 3 aromatic rings. The van der Waals surface area contributed by atoms with E-state index >= 15 is 0 Å². The van der Waals surface area contributed by atoms with Gasteiger partial charge in [-0.05, 0) is 42.2 Å². The minimum atomic E-state index is -0.380. The maximum atomic E-state index is 12.3. The highest BCUT2D eigenvalue weighted by molar-refractivity contribution is 6.30. The molecule has 0 aliphatic rings. The lowest BCUT2D eigenvalue weighted by Gasteiger charge is -2.06. The SMILES string of the molecule is CCc1ccc(CC)c(-c2cc(C(=O)Nc3ccc(Cl)cn3)no2)c1. The molecule has 3 rings (SSSR count). The van der Waals surface area contributed by atoms with Gasteiger partial charge in [0.15, 0.2) is 11.5 Å². The highest BCUT2D eigenvalue weighted by atomic mass is 35.5. The van der Waals surface area contributed by atoms with Gasteiger partial charge in [-0.2, -0.15) is 0 Å². The van der Waals surface area contributed by atoms with Crippen LogP contribution < -0.4 is 5.32 Å². The largest absolute Gasteiger partial charge is 0.355 e. The summed E-state index contributed by atoms with van der Waals surface area (Å²) in [7, 11) is 0. The quantitative estimate of drug-likeness (QED) is 0.716. The van der Waals surface area contributed by atoms with E-state index in [1.807, 2.05) is 0 Å². The van der Waals surface area contributed by atoms with E-state index in [9.17, 15) is 4.79 Å². The number of pyridine rings is 1. The second-order valence-electron chi connectivity index (χ2n) is 5.59. The van der Waals surface area contributed by atoms with E-state index in [0.717, 1.165) is 24.0 Å². The maximum absolute atomic E-state index is 12.3. The summed E-state index contributed by atoms with van der Waals surface area (Å²) in [5, 5.41) is 7.07. The van der Waals surface area contributed by atoms with E-state index in [1.165, 1.54) is 11.8 Å². The smallest absolute Gasteiger partial charge is 0.279 e. The van der Waals surface area contributed by atoms with Crippen molar-refractivity contribution in [2.75, 3.05) is 5.32 Å². The molecule has 1 aromatic carbocycles. The van der Waals surface area contributed by atoms with Gasteiger partial charge in [0.2, 0.25) is 0 Å². The lowest BCUT2D eigenvalue weighted by Crippen LogP contribution is -2.13. The monoisotopic (exact) mass is 355 g/mol. The summed E-state index contributed by atoms with van der Waals surface area (Å²) in [6.45, 7) is 4.18. The molecule has 0 saturated carbocycles. The van der Waals surface area contributed by atoms with Crippen LogP contribution in [0, 0.1) is 0 Å². The average Bonchev–Trinajstić information content (AvgIpc) is 3.13. The Morgan fingerprint density at radius 2 is 2.00 bits per heavy atom. The Balaban J connectivity index is 1.84. The first-order valence-electron chi connectivity index (χ1n) is 8.12. The number of aryl methyl sites for hydroxylation is 2. The summed E-state index contributed by atoms with van der Waals surface area (Å²) in [5.41, 5.74) is 3.54. The van der Waals surface area contributed by atoms with Crippen LogP contribution in [0.4, 0.5) is 5.82 Å². The van der Waals surface area contributed by atoms with Crippen LogP contribution in [0.2, 0.25) is 5.02 Å². The Labute approximate surface area is 151 Å². The van der Waals surface area contributed by atoms with Gasteiger partial charge in [-0.1, -0.05) is 42.7 Å². The number of carbonyl (C=O) groups excluding carboxylic acids is 1. The van der Waals surface area contributed by atoms with E-state index < -0.39 is 0 Å². The topological polar surface area (TPSA) is 68.0 Å². The van der Waals surface area contributed by atoms with Crippen molar-refractivity contribution in [2.45, 2.75) is 26.7 Å². The van der Waals surface area contributed by atoms with Crippen molar-refractivity contribution in [3.8, 4) is 11.3 Å². The third kappa shape index (κ3) is 3.88. The first kappa shape index (κ1) is 17.2. The first-order chi connectivity index (χ1) is 12.1. The zero-order valence-corrected chi connectivity index (χ0v) is 14.8. The molecule has 0 fully saturated rings. The second-order valence-corrected chi connectivity index (χ2v) is 6.03. The van der Waals surface area contributed by atoms with Gasteiger partial charge < -0.3 is 9.84 Å². The summed E-state index contributed by atoms with van der Waals surface area (Å²) in [4.78, 5) is 16.4. The fraction of sp³-hybridized carbons (Fsp3) is 0.211. The summed E-state index contributed by atoms with van der Waals surface area (Å²) in [6, 6.07) is 11.2. The zero-order chi connectivity index (χ0) is 17.8. The fourth-order valence-corrected chi connectivity index (χ4v) is 2.63. The van der Waals surface area contributed by atoms with Gasteiger partial charge in [0, 0.05) is 17.8 Å². The molecule has 1 amide bonds. The number of hydrogen-bond acceptors (Lipinski definition) is 4. The first-order valence-corrected chi connectivity index (χ1v) is 8.50. The van der Waals surface area contributed by atoms with Gasteiger partial charge in [-0.25, -0.2) is 4.98 Å². The minimum absolute atomic E-state index is 0.204. The molecule has 5 nitrogen and oxygen atoms in total. The number of nitrogens with one attached hydrogen (secondary N) is 1. The molecule has 6 heteroatoms. The van der Waals surface area contributed by atoms with Crippen molar-refractivity contribution in [1.82, 2.24) is 10.1 Å². The Kier molecular flexibility index (Phi) is 5.14. The zero-order valence-electron chi connectivity index (χ0n) is 14.0. The molecule has 0 spiro atoms. The number of aromatic nitrogens is 2. The van der Waals surface area contributed by atoms with Gasteiger partial charge in [-0.15, -0.1) is 0 Å². The molecular weight excluding hydrogens is 338 g/mol. The molecule has 0 saturated heterocycles. The van der Waals surface area contributed by atoms with Crippen molar-refractivity contribution in [2.24, 2.45) is 0 Å². The van der Waals surface area contributed by atoms with E-state index in [1.54, 1.807) is 18.2 Å². The van der Waals surface area contributed by atoms with Crippen molar-refractivity contribution in [3.05, 3.63) is 64.4 Å². The Hall–Kier alpha value is -2.66. The van der Waals surface area contributed by atoms with Crippen molar-refractivity contribution >= 4 is 23.3 Å². The van der Waals surface area contributed by atoms with Gasteiger partial charge >= 0.3 is 0 Å². The Morgan fingerprint density at radius 1 is 1.16 bits per heavy atom. The molecule has 0 bridgehead atoms. The molecule has 2 aromatic heterocycles. The Bertz CT molecular complexity index is 888. The van der Waals surface area contributed by atoms with Gasteiger partial charge in [0.1, 0.15) is 5.82 Å². The number of rotatable bonds is 5. The van der Waals surface area contributed by atoms with Crippen LogP contribution in [-0.2, 0) is 12.8 Å². The highest BCUT2D eigenvalue weighted by Gasteiger charge is 2.16. The summed E-state index contributed by atoms with van der Waals surface area (Å²) >= 11 is 5.79. The number of nitrogens with zero attached hydrogens (tertiary/aromatic N) is 2. The molecule has 0 atom stereocenters. The third-order valence-electron chi connectivity index (χ3n) is 3.94. The number of benzene rings is 1. The number of hydrogen-bond donors (Lipinski definition) is 1.